The van der Waals surface area contributed by atoms with Gasteiger partial charge in [-0.1, -0.05) is 0 Å². The SMILES string of the molecule is Nc1ccc(Oc2ccc(F)c(F)c2)cc1N. The van der Waals surface area contributed by atoms with Gasteiger partial charge in [-0.25, -0.2) is 8.78 Å². The van der Waals surface area contributed by atoms with Crippen LogP contribution in [0.3, 0.4) is 0 Å². The van der Waals surface area contributed by atoms with E-state index in [1.54, 1.807) is 12.1 Å². The molecule has 0 aliphatic carbocycles. The second-order valence-corrected chi connectivity index (χ2v) is 3.47. The minimum absolute atomic E-state index is 0.188. The first-order valence-corrected chi connectivity index (χ1v) is 4.84. The number of halogens is 2. The highest BCUT2D eigenvalue weighted by Gasteiger charge is 2.05. The van der Waals surface area contributed by atoms with Crippen LogP contribution in [0.4, 0.5) is 20.2 Å². The van der Waals surface area contributed by atoms with Gasteiger partial charge in [-0.2, -0.15) is 0 Å². The molecule has 5 heteroatoms. The third-order valence-electron chi connectivity index (χ3n) is 2.19. The monoisotopic (exact) mass is 236 g/mol. The summed E-state index contributed by atoms with van der Waals surface area (Å²) >= 11 is 0. The summed E-state index contributed by atoms with van der Waals surface area (Å²) in [7, 11) is 0. The van der Waals surface area contributed by atoms with Gasteiger partial charge in [0, 0.05) is 12.1 Å². The molecule has 0 aliphatic heterocycles. The van der Waals surface area contributed by atoms with Crippen LogP contribution in [0.2, 0.25) is 0 Å². The van der Waals surface area contributed by atoms with Crippen molar-refractivity contribution in [2.45, 2.75) is 0 Å². The molecule has 88 valence electrons. The Kier molecular flexibility index (Phi) is 2.82. The van der Waals surface area contributed by atoms with Crippen molar-refractivity contribution in [3.63, 3.8) is 0 Å². The highest BCUT2D eigenvalue weighted by molar-refractivity contribution is 5.65. The summed E-state index contributed by atoms with van der Waals surface area (Å²) in [6.07, 6.45) is 0. The zero-order valence-corrected chi connectivity index (χ0v) is 8.78. The van der Waals surface area contributed by atoms with Crippen molar-refractivity contribution in [2.24, 2.45) is 0 Å². The number of hydrogen-bond donors (Lipinski definition) is 2. The molecule has 0 radical (unpaired) electrons. The number of rotatable bonds is 2. The van der Waals surface area contributed by atoms with Gasteiger partial charge in [-0.15, -0.1) is 0 Å². The molecule has 0 bridgehead atoms. The maximum Gasteiger partial charge on any atom is 0.162 e. The molecule has 0 aliphatic rings. The maximum atomic E-state index is 12.9. The third-order valence-corrected chi connectivity index (χ3v) is 2.19. The van der Waals surface area contributed by atoms with Crippen molar-refractivity contribution in [3.05, 3.63) is 48.0 Å². The normalized spacial score (nSPS) is 10.2. The minimum atomic E-state index is -0.967. The van der Waals surface area contributed by atoms with Crippen molar-refractivity contribution >= 4 is 11.4 Å². The Balaban J connectivity index is 2.25. The van der Waals surface area contributed by atoms with Crippen molar-refractivity contribution in [1.82, 2.24) is 0 Å². The molecule has 17 heavy (non-hydrogen) atoms. The topological polar surface area (TPSA) is 61.3 Å². The van der Waals surface area contributed by atoms with Crippen molar-refractivity contribution in [2.75, 3.05) is 11.5 Å². The highest BCUT2D eigenvalue weighted by Crippen LogP contribution is 2.27. The fourth-order valence-corrected chi connectivity index (χ4v) is 1.29. The summed E-state index contributed by atoms with van der Waals surface area (Å²) in [5.74, 6) is -1.30. The van der Waals surface area contributed by atoms with Crippen molar-refractivity contribution < 1.29 is 13.5 Å². The maximum absolute atomic E-state index is 12.9. The standard InChI is InChI=1S/C12H10F2N2O/c13-9-3-1-7(5-10(9)14)17-8-2-4-11(15)12(16)6-8/h1-6H,15-16H2. The number of nitrogens with two attached hydrogens (primary N) is 2. The number of benzene rings is 2. The quantitative estimate of drug-likeness (QED) is 0.788. The van der Waals surface area contributed by atoms with Crippen LogP contribution >= 0.6 is 0 Å². The third kappa shape index (κ3) is 2.44. The van der Waals surface area contributed by atoms with Crippen LogP contribution in [-0.2, 0) is 0 Å². The fraction of sp³-hybridized carbons (Fsp3) is 0. The predicted octanol–water partition coefficient (Wildman–Crippen LogP) is 2.92. The molecule has 2 aromatic rings. The van der Waals surface area contributed by atoms with Crippen LogP contribution in [0.1, 0.15) is 0 Å². The molecule has 0 saturated carbocycles. The van der Waals surface area contributed by atoms with E-state index in [4.69, 9.17) is 16.2 Å². The molecule has 0 amide bonds. The molecule has 0 spiro atoms. The highest BCUT2D eigenvalue weighted by atomic mass is 19.2. The van der Waals surface area contributed by atoms with Crippen LogP contribution in [0.25, 0.3) is 0 Å². The van der Waals surface area contributed by atoms with Crippen LogP contribution in [0.5, 0.6) is 11.5 Å². The van der Waals surface area contributed by atoms with Gasteiger partial charge in [0.1, 0.15) is 11.5 Å². The first kappa shape index (κ1) is 11.2. The Labute approximate surface area is 96.6 Å². The van der Waals surface area contributed by atoms with E-state index >= 15 is 0 Å². The lowest BCUT2D eigenvalue weighted by molar-refractivity contribution is 0.462. The molecule has 2 rings (SSSR count). The molecule has 0 fully saturated rings. The molecular weight excluding hydrogens is 226 g/mol. The van der Waals surface area contributed by atoms with Crippen LogP contribution in [0, 0.1) is 11.6 Å². The van der Waals surface area contributed by atoms with E-state index in [0.717, 1.165) is 12.1 Å². The van der Waals surface area contributed by atoms with E-state index in [1.165, 1.54) is 12.1 Å². The zero-order valence-electron chi connectivity index (χ0n) is 8.78. The van der Waals surface area contributed by atoms with E-state index in [2.05, 4.69) is 0 Å². The fourth-order valence-electron chi connectivity index (χ4n) is 1.29. The summed E-state index contributed by atoms with van der Waals surface area (Å²) in [6.45, 7) is 0. The van der Waals surface area contributed by atoms with E-state index < -0.39 is 11.6 Å². The molecule has 3 nitrogen and oxygen atoms in total. The van der Waals surface area contributed by atoms with Gasteiger partial charge in [-0.3, -0.25) is 0 Å². The van der Waals surface area contributed by atoms with Gasteiger partial charge in [0.15, 0.2) is 11.6 Å². The molecular formula is C12H10F2N2O. The lowest BCUT2D eigenvalue weighted by Crippen LogP contribution is -1.95. The van der Waals surface area contributed by atoms with Gasteiger partial charge in [0.2, 0.25) is 0 Å². The smallest absolute Gasteiger partial charge is 0.162 e. The van der Waals surface area contributed by atoms with E-state index in [0.29, 0.717) is 17.1 Å². The Morgan fingerprint density at radius 3 is 2.06 bits per heavy atom. The number of ether oxygens (including phenoxy) is 1. The lowest BCUT2D eigenvalue weighted by atomic mass is 10.2. The zero-order chi connectivity index (χ0) is 12.4. The average molecular weight is 236 g/mol. The first-order chi connectivity index (χ1) is 8.06. The van der Waals surface area contributed by atoms with Gasteiger partial charge >= 0.3 is 0 Å². The largest absolute Gasteiger partial charge is 0.457 e. The van der Waals surface area contributed by atoms with Crippen LogP contribution in [0.15, 0.2) is 36.4 Å². The second kappa shape index (κ2) is 4.29. The Morgan fingerprint density at radius 2 is 1.41 bits per heavy atom. The van der Waals surface area contributed by atoms with Gasteiger partial charge in [-0.05, 0) is 24.3 Å². The van der Waals surface area contributed by atoms with Crippen molar-refractivity contribution in [3.8, 4) is 11.5 Å². The second-order valence-electron chi connectivity index (χ2n) is 3.47. The summed E-state index contributed by atoms with van der Waals surface area (Å²) < 4.78 is 30.9. The number of hydrogen-bond acceptors (Lipinski definition) is 3. The van der Waals surface area contributed by atoms with Crippen LogP contribution < -0.4 is 16.2 Å². The van der Waals surface area contributed by atoms with Gasteiger partial charge in [0.25, 0.3) is 0 Å². The Bertz CT molecular complexity index is 509. The molecule has 0 saturated heterocycles. The summed E-state index contributed by atoms with van der Waals surface area (Å²) in [4.78, 5) is 0. The summed E-state index contributed by atoms with van der Waals surface area (Å²) in [5, 5.41) is 0. The van der Waals surface area contributed by atoms with Crippen LogP contribution in [-0.4, -0.2) is 0 Å². The molecule has 2 aromatic carbocycles. The van der Waals surface area contributed by atoms with Crippen molar-refractivity contribution in [1.29, 1.82) is 0 Å². The van der Waals surface area contributed by atoms with E-state index in [1.807, 2.05) is 0 Å². The average Bonchev–Trinajstić information content (AvgIpc) is 2.29. The Morgan fingerprint density at radius 1 is 0.765 bits per heavy atom. The molecule has 0 unspecified atom stereocenters. The number of anilines is 2. The van der Waals surface area contributed by atoms with E-state index in [-0.39, 0.29) is 5.75 Å². The lowest BCUT2D eigenvalue weighted by Gasteiger charge is -2.07. The molecule has 0 atom stereocenters. The van der Waals surface area contributed by atoms with Gasteiger partial charge < -0.3 is 16.2 Å². The Hall–Kier alpha value is -2.30. The molecule has 4 N–H and O–H groups in total. The predicted molar refractivity (Wildman–Crippen MR) is 61.7 cm³/mol. The molecule has 0 heterocycles. The molecule has 0 aromatic heterocycles. The van der Waals surface area contributed by atoms with E-state index in [9.17, 15) is 8.78 Å². The minimum Gasteiger partial charge on any atom is -0.457 e. The summed E-state index contributed by atoms with van der Waals surface area (Å²) in [6, 6.07) is 7.95. The summed E-state index contributed by atoms with van der Waals surface area (Å²) in [5.41, 5.74) is 11.9. The first-order valence-electron chi connectivity index (χ1n) is 4.84. The number of nitrogen functional groups attached to an aromatic ring is 2. The van der Waals surface area contributed by atoms with Gasteiger partial charge in [0.05, 0.1) is 11.4 Å².